The Balaban J connectivity index is 1.45. The van der Waals surface area contributed by atoms with Crippen molar-refractivity contribution in [1.29, 1.82) is 0 Å². The van der Waals surface area contributed by atoms with Crippen LogP contribution in [0.25, 0.3) is 17.0 Å². The molecule has 16 atom stereocenters. The molecule has 70 heavy (non-hydrogen) atoms. The Morgan fingerprint density at radius 3 is 2.44 bits per heavy atom. The van der Waals surface area contributed by atoms with Gasteiger partial charge in [0.15, 0.2) is 12.6 Å². The van der Waals surface area contributed by atoms with Gasteiger partial charge in [0, 0.05) is 50.9 Å². The lowest BCUT2D eigenvalue weighted by Crippen LogP contribution is -2.65. The van der Waals surface area contributed by atoms with Gasteiger partial charge < -0.3 is 67.8 Å². The minimum atomic E-state index is -1.54. The number of pyridine rings is 1. The van der Waals surface area contributed by atoms with Crippen molar-refractivity contribution in [3.05, 3.63) is 48.2 Å². The highest BCUT2D eigenvalue weighted by Crippen LogP contribution is 2.39. The first-order chi connectivity index (χ1) is 33.3. The molecule has 0 saturated carbocycles. The van der Waals surface area contributed by atoms with Crippen molar-refractivity contribution >= 4 is 41.2 Å². The molecule has 3 fully saturated rings. The number of aliphatic hydroxyl groups is 3. The second-order valence-corrected chi connectivity index (χ2v) is 19.8. The highest BCUT2D eigenvalue weighted by atomic mass is 16.7. The Morgan fingerprint density at radius 2 is 1.77 bits per heavy atom. The SMILES string of the molecule is CCOC(=O)[C@H]1[C@H](C)O[C@@H](O[C@H]2[C@H](N(C)C)[C@@H](O)[C@H](O[C@H]3[C@@H](CC=O)C[C@@H](C)[C@@H](O)CN(C)CCC[C@H](C/C=C/c4cnc5ccccc5c4)OC(=O)C[C@@H](OC(=O)CC)[C@@H]3OC)O[C@@H]2C)C[C@@]1(C)O. The van der Waals surface area contributed by atoms with Crippen molar-refractivity contribution in [2.75, 3.05) is 47.9 Å². The van der Waals surface area contributed by atoms with Gasteiger partial charge in [0.05, 0.1) is 54.6 Å². The molecular weight excluding hydrogens is 907 g/mol. The van der Waals surface area contributed by atoms with E-state index >= 15 is 0 Å². The van der Waals surface area contributed by atoms with Gasteiger partial charge in [-0.15, -0.1) is 0 Å². The molecule has 18 nitrogen and oxygen atoms in total. The standard InChI is InChI=1S/C52H79N3O15/c1-11-41(58)68-40-27-42(59)67-37(19-15-17-34-26-35-18-13-14-21-38(35)53-29-34)20-16-23-55(9)30-39(57)31(3)25-36(22-24-56)48(49(40)63-10)70-51-46(60)45(54(7)8)47(33(5)66-51)69-43-28-52(6,62)44(32(4)65-43)50(61)64-12-2/h13-15,17-18,21,24,26,29,31-33,36-37,39-40,43-49,51,57,60,62H,11-12,16,19-20,22-23,25,27-28,30H2,1-10H3/b17-15+/t31-,32+,33-,36+,37+,39+,40-,43+,44-,45-,46-,47-,48+,49+,51+,52-/m1/s1. The van der Waals surface area contributed by atoms with E-state index in [4.69, 9.17) is 37.9 Å². The van der Waals surface area contributed by atoms with Gasteiger partial charge in [-0.05, 0) is 104 Å². The van der Waals surface area contributed by atoms with Crippen LogP contribution in [0.1, 0.15) is 98.5 Å². The number of cyclic esters (lactones) is 1. The topological polar surface area (TPSA) is 222 Å². The molecule has 2 aromatic rings. The van der Waals surface area contributed by atoms with Crippen molar-refractivity contribution in [2.45, 2.75) is 172 Å². The lowest BCUT2D eigenvalue weighted by atomic mass is 9.80. The van der Waals surface area contributed by atoms with E-state index in [9.17, 15) is 34.5 Å². The first kappa shape index (κ1) is 57.0. The van der Waals surface area contributed by atoms with Gasteiger partial charge in [0.25, 0.3) is 0 Å². The van der Waals surface area contributed by atoms with Crippen LogP contribution in [0.15, 0.2) is 42.6 Å². The predicted molar refractivity (Wildman–Crippen MR) is 259 cm³/mol. The lowest BCUT2D eigenvalue weighted by molar-refractivity contribution is -0.340. The minimum absolute atomic E-state index is 0.0185. The molecule has 0 radical (unpaired) electrons. The highest BCUT2D eigenvalue weighted by molar-refractivity contribution is 5.80. The third-order valence-electron chi connectivity index (χ3n) is 13.9. The Morgan fingerprint density at radius 1 is 1.03 bits per heavy atom. The smallest absolute Gasteiger partial charge is 0.314 e. The zero-order valence-electron chi connectivity index (χ0n) is 42.7. The van der Waals surface area contributed by atoms with Gasteiger partial charge in [-0.2, -0.15) is 0 Å². The zero-order valence-corrected chi connectivity index (χ0v) is 42.7. The quantitative estimate of drug-likeness (QED) is 0.127. The largest absolute Gasteiger partial charge is 0.466 e. The second kappa shape index (κ2) is 26.7. The van der Waals surface area contributed by atoms with E-state index in [0.717, 1.165) is 22.8 Å². The maximum absolute atomic E-state index is 14.1. The van der Waals surface area contributed by atoms with E-state index < -0.39 is 115 Å². The van der Waals surface area contributed by atoms with Crippen LogP contribution in [0.3, 0.4) is 0 Å². The van der Waals surface area contributed by atoms with E-state index in [1.165, 1.54) is 14.0 Å². The van der Waals surface area contributed by atoms with Gasteiger partial charge in [-0.1, -0.05) is 44.2 Å². The third kappa shape index (κ3) is 15.3. The van der Waals surface area contributed by atoms with Crippen LogP contribution in [0, 0.1) is 17.8 Å². The summed E-state index contributed by atoms with van der Waals surface area (Å²) in [5, 5.41) is 36.4. The number of methoxy groups -OCH3 is 1. The second-order valence-electron chi connectivity index (χ2n) is 19.8. The van der Waals surface area contributed by atoms with Crippen molar-refractivity contribution in [2.24, 2.45) is 17.8 Å². The van der Waals surface area contributed by atoms with Crippen LogP contribution in [0.5, 0.6) is 0 Å². The van der Waals surface area contributed by atoms with Gasteiger partial charge in [-0.25, -0.2) is 0 Å². The number of hydrogen-bond donors (Lipinski definition) is 3. The van der Waals surface area contributed by atoms with Crippen LogP contribution < -0.4 is 0 Å². The van der Waals surface area contributed by atoms with Gasteiger partial charge >= 0.3 is 17.9 Å². The van der Waals surface area contributed by atoms with Gasteiger partial charge in [0.1, 0.15) is 42.7 Å². The van der Waals surface area contributed by atoms with Crippen molar-refractivity contribution in [3.8, 4) is 0 Å². The number of aldehydes is 1. The molecule has 0 spiro atoms. The molecule has 3 N–H and O–H groups in total. The van der Waals surface area contributed by atoms with Gasteiger partial charge in [0.2, 0.25) is 0 Å². The summed E-state index contributed by atoms with van der Waals surface area (Å²) >= 11 is 0. The third-order valence-corrected chi connectivity index (χ3v) is 13.9. The van der Waals surface area contributed by atoms with Crippen LogP contribution in [0.4, 0.5) is 0 Å². The van der Waals surface area contributed by atoms with Crippen molar-refractivity contribution in [3.63, 3.8) is 0 Å². The van der Waals surface area contributed by atoms with Crippen molar-refractivity contribution < 1.29 is 72.4 Å². The Bertz CT molecular complexity index is 2020. The molecule has 1 aromatic heterocycles. The number of rotatable bonds is 15. The molecule has 1 aromatic carbocycles. The van der Waals surface area contributed by atoms with E-state index in [1.54, 1.807) is 52.9 Å². The van der Waals surface area contributed by atoms with Crippen LogP contribution in [-0.2, 0) is 57.1 Å². The number of ether oxygens (including phenoxy) is 8. The summed E-state index contributed by atoms with van der Waals surface area (Å²) in [6.07, 6.45) is -3.66. The molecule has 5 rings (SSSR count). The van der Waals surface area contributed by atoms with E-state index in [2.05, 4.69) is 4.98 Å². The number of hydrogen-bond acceptors (Lipinski definition) is 18. The molecule has 0 aliphatic carbocycles. The fourth-order valence-electron chi connectivity index (χ4n) is 10.2. The molecule has 392 valence electrons. The van der Waals surface area contributed by atoms with Crippen LogP contribution in [0.2, 0.25) is 0 Å². The Kier molecular flexibility index (Phi) is 21.7. The van der Waals surface area contributed by atoms with E-state index in [0.29, 0.717) is 32.4 Å². The summed E-state index contributed by atoms with van der Waals surface area (Å²) < 4.78 is 49.5. The van der Waals surface area contributed by atoms with Gasteiger partial charge in [-0.3, -0.25) is 19.4 Å². The number of fused-ring (bicyclic) bond motifs is 1. The monoisotopic (exact) mass is 986 g/mol. The summed E-state index contributed by atoms with van der Waals surface area (Å²) in [5.74, 6) is -3.89. The average molecular weight is 986 g/mol. The predicted octanol–water partition coefficient (Wildman–Crippen LogP) is 4.47. The lowest BCUT2D eigenvalue weighted by Gasteiger charge is -2.50. The molecular formula is C52H79N3O15. The highest BCUT2D eigenvalue weighted by Gasteiger charge is 2.54. The number of likely N-dealkylation sites (N-methyl/N-ethyl adjacent to an activating group) is 2. The first-order valence-electron chi connectivity index (χ1n) is 24.9. The molecule has 18 heteroatoms. The maximum Gasteiger partial charge on any atom is 0.314 e. The fourth-order valence-corrected chi connectivity index (χ4v) is 10.2. The number of aromatic nitrogens is 1. The molecule has 3 aliphatic heterocycles. The minimum Gasteiger partial charge on any atom is -0.466 e. The summed E-state index contributed by atoms with van der Waals surface area (Å²) in [7, 11) is 6.81. The molecule has 0 bridgehead atoms. The van der Waals surface area contributed by atoms with Crippen LogP contribution in [-0.4, -0.2) is 181 Å². The number of carbonyl (C=O) groups is 4. The van der Waals surface area contributed by atoms with Crippen LogP contribution >= 0.6 is 0 Å². The molecule has 0 amide bonds. The normalized spacial score (nSPS) is 35.6. The molecule has 4 heterocycles. The number of nitrogens with zero attached hydrogens (tertiary/aromatic N) is 3. The fraction of sp³-hybridized carbons (Fsp3) is 0.712. The van der Waals surface area contributed by atoms with E-state index in [-0.39, 0.29) is 38.2 Å². The van der Waals surface area contributed by atoms with E-state index in [1.807, 2.05) is 61.4 Å². The Hall–Kier alpha value is -3.95. The summed E-state index contributed by atoms with van der Waals surface area (Å²) in [6.45, 7) is 11.2. The Labute approximate surface area is 413 Å². The number of para-hydroxylation sites is 1. The number of β-amino-alcohol motifs (C(OH)–C–C–N with tert-alkyl or cyclic N) is 1. The molecule has 3 aliphatic rings. The summed E-state index contributed by atoms with van der Waals surface area (Å²) in [4.78, 5) is 61.1. The number of esters is 3. The maximum atomic E-state index is 14.1. The number of aliphatic hydroxyl groups excluding tert-OH is 2. The molecule has 0 unspecified atom stereocenters. The average Bonchev–Trinajstić information content (AvgIpc) is 3.29. The summed E-state index contributed by atoms with van der Waals surface area (Å²) in [5.41, 5.74) is 0.225. The zero-order chi connectivity index (χ0) is 51.3. The van der Waals surface area contributed by atoms with Crippen molar-refractivity contribution in [1.82, 2.24) is 14.8 Å². The number of benzene rings is 1. The number of carbonyl (C=O) groups excluding carboxylic acids is 4. The molecule has 3 saturated heterocycles. The summed E-state index contributed by atoms with van der Waals surface area (Å²) in [6, 6.07) is 9.06. The first-order valence-corrected chi connectivity index (χ1v) is 24.9.